The topological polar surface area (TPSA) is 148 Å². The average molecular weight is 694 g/mol. The van der Waals surface area contributed by atoms with E-state index in [0.717, 1.165) is 17.6 Å². The molecule has 264 valence electrons. The highest BCUT2D eigenvalue weighted by atomic mass is 16.5. The molecule has 4 aliphatic rings. The van der Waals surface area contributed by atoms with E-state index in [1.807, 2.05) is 30.3 Å². The third-order valence-corrected chi connectivity index (χ3v) is 9.46. The fourth-order valence-electron chi connectivity index (χ4n) is 6.86. The Hall–Kier alpha value is -5.85. The normalized spacial score (nSPS) is 19.7. The van der Waals surface area contributed by atoms with Gasteiger partial charge in [0.05, 0.1) is 49.4 Å². The van der Waals surface area contributed by atoms with Crippen molar-refractivity contribution in [2.45, 2.75) is 44.4 Å². The molecule has 13 heteroatoms. The molecule has 0 unspecified atom stereocenters. The SMILES string of the molecule is COc1cc2c(cc1OCCCNC(=O)/C=C1/C[C@H]3C=Nc4cc(OCc5ccccc5)c(OC)cc4C(=O)N3C1)NC(=O)[C@@H]1CCCN1C2=O. The van der Waals surface area contributed by atoms with E-state index >= 15 is 0 Å². The van der Waals surface area contributed by atoms with Crippen LogP contribution in [0.15, 0.2) is 71.2 Å². The van der Waals surface area contributed by atoms with Gasteiger partial charge in [0, 0.05) is 44.1 Å². The highest BCUT2D eigenvalue weighted by Gasteiger charge is 2.39. The second kappa shape index (κ2) is 14.6. The Balaban J connectivity index is 0.925. The van der Waals surface area contributed by atoms with Gasteiger partial charge in [-0.3, -0.25) is 24.2 Å². The van der Waals surface area contributed by atoms with Crippen molar-refractivity contribution in [3.05, 3.63) is 82.9 Å². The third kappa shape index (κ3) is 6.96. The second-order valence-corrected chi connectivity index (χ2v) is 12.8. The standard InChI is InChI=1S/C38H39N5O8/c1-48-31-17-27-29(41-36(45)30-10-6-12-42(30)37(27)46)19-33(31)50-13-7-11-39-35(44)15-24-14-25-20-40-28-18-34(51-22-23-8-4-3-5-9-23)32(49-2)16-26(28)38(47)43(25)21-24/h3-5,8-9,15-20,25,30H,6-7,10-14,21-22H2,1-2H3,(H,39,44)(H,41,45)/b24-15-/t25-,30-/m0/s1. The smallest absolute Gasteiger partial charge is 0.257 e. The molecule has 13 nitrogen and oxygen atoms in total. The number of aliphatic imine (C=N–C) groups is 1. The number of anilines is 1. The van der Waals surface area contributed by atoms with E-state index in [-0.39, 0.29) is 36.3 Å². The quantitative estimate of drug-likeness (QED) is 0.224. The molecule has 0 radical (unpaired) electrons. The number of fused-ring (bicyclic) bond motifs is 4. The Morgan fingerprint density at radius 3 is 2.47 bits per heavy atom. The van der Waals surface area contributed by atoms with Crippen molar-refractivity contribution in [1.82, 2.24) is 15.1 Å². The fourth-order valence-corrected chi connectivity index (χ4v) is 6.86. The van der Waals surface area contributed by atoms with E-state index in [0.29, 0.717) is 91.0 Å². The number of carbonyl (C=O) groups is 4. The highest BCUT2D eigenvalue weighted by molar-refractivity contribution is 6.10. The van der Waals surface area contributed by atoms with Gasteiger partial charge in [0.2, 0.25) is 11.8 Å². The number of hydrogen-bond acceptors (Lipinski definition) is 9. The number of rotatable bonds is 11. The Morgan fingerprint density at radius 2 is 1.69 bits per heavy atom. The summed E-state index contributed by atoms with van der Waals surface area (Å²) in [6.45, 7) is 1.79. The predicted octanol–water partition coefficient (Wildman–Crippen LogP) is 4.28. The van der Waals surface area contributed by atoms with Crippen LogP contribution in [-0.4, -0.2) is 92.2 Å². The molecule has 0 aromatic heterocycles. The third-order valence-electron chi connectivity index (χ3n) is 9.46. The van der Waals surface area contributed by atoms with E-state index in [2.05, 4.69) is 15.6 Å². The summed E-state index contributed by atoms with van der Waals surface area (Å²) in [6.07, 6.45) is 5.69. The minimum Gasteiger partial charge on any atom is -0.493 e. The van der Waals surface area contributed by atoms with Gasteiger partial charge in [0.1, 0.15) is 12.6 Å². The molecule has 4 aliphatic heterocycles. The van der Waals surface area contributed by atoms with Crippen LogP contribution < -0.4 is 29.6 Å². The van der Waals surface area contributed by atoms with Gasteiger partial charge in [-0.05, 0) is 49.0 Å². The number of nitrogens with one attached hydrogen (secondary N) is 2. The summed E-state index contributed by atoms with van der Waals surface area (Å²) in [5.41, 5.74) is 3.49. The molecular formula is C38H39N5O8. The molecule has 0 saturated carbocycles. The van der Waals surface area contributed by atoms with Crippen molar-refractivity contribution in [2.24, 2.45) is 4.99 Å². The van der Waals surface area contributed by atoms with Crippen LogP contribution in [0.3, 0.4) is 0 Å². The van der Waals surface area contributed by atoms with Gasteiger partial charge < -0.3 is 39.4 Å². The first-order valence-electron chi connectivity index (χ1n) is 17.0. The molecular weight excluding hydrogens is 654 g/mol. The summed E-state index contributed by atoms with van der Waals surface area (Å²) in [5, 5.41) is 5.75. The first-order valence-corrected chi connectivity index (χ1v) is 17.0. The zero-order chi connectivity index (χ0) is 35.5. The summed E-state index contributed by atoms with van der Waals surface area (Å²) in [7, 11) is 3.02. The summed E-state index contributed by atoms with van der Waals surface area (Å²) < 4.78 is 23.0. The van der Waals surface area contributed by atoms with Gasteiger partial charge in [-0.15, -0.1) is 0 Å². The Morgan fingerprint density at radius 1 is 0.941 bits per heavy atom. The van der Waals surface area contributed by atoms with Crippen molar-refractivity contribution in [3.63, 3.8) is 0 Å². The van der Waals surface area contributed by atoms with Crippen LogP contribution in [0.1, 0.15) is 52.0 Å². The number of methoxy groups -OCH3 is 2. The lowest BCUT2D eigenvalue weighted by molar-refractivity contribution is -0.119. The monoisotopic (exact) mass is 693 g/mol. The maximum absolute atomic E-state index is 13.6. The van der Waals surface area contributed by atoms with Crippen LogP contribution in [0.25, 0.3) is 0 Å². The molecule has 0 bridgehead atoms. The minimum absolute atomic E-state index is 0.195. The number of carbonyl (C=O) groups excluding carboxylic acids is 4. The van der Waals surface area contributed by atoms with Crippen LogP contribution in [0.4, 0.5) is 11.4 Å². The first kappa shape index (κ1) is 33.6. The van der Waals surface area contributed by atoms with E-state index < -0.39 is 6.04 Å². The lowest BCUT2D eigenvalue weighted by atomic mass is 10.1. The minimum atomic E-state index is -0.470. The van der Waals surface area contributed by atoms with Gasteiger partial charge in [0.25, 0.3) is 11.8 Å². The summed E-state index contributed by atoms with van der Waals surface area (Å²) in [4.78, 5) is 60.3. The predicted molar refractivity (Wildman–Crippen MR) is 188 cm³/mol. The van der Waals surface area contributed by atoms with E-state index in [1.165, 1.54) is 14.2 Å². The van der Waals surface area contributed by atoms with Gasteiger partial charge in [0.15, 0.2) is 23.0 Å². The molecule has 7 rings (SSSR count). The highest BCUT2D eigenvalue weighted by Crippen LogP contribution is 2.40. The van der Waals surface area contributed by atoms with Crippen molar-refractivity contribution in [2.75, 3.05) is 45.8 Å². The molecule has 3 aromatic rings. The van der Waals surface area contributed by atoms with Crippen LogP contribution in [0.2, 0.25) is 0 Å². The molecule has 4 heterocycles. The van der Waals surface area contributed by atoms with Crippen molar-refractivity contribution in [1.29, 1.82) is 0 Å². The lowest BCUT2D eigenvalue weighted by Crippen LogP contribution is -2.40. The number of benzene rings is 3. The maximum atomic E-state index is 13.6. The molecule has 4 amide bonds. The zero-order valence-corrected chi connectivity index (χ0v) is 28.5. The van der Waals surface area contributed by atoms with Gasteiger partial charge in [-0.25, -0.2) is 0 Å². The van der Waals surface area contributed by atoms with Gasteiger partial charge in [-0.2, -0.15) is 0 Å². The summed E-state index contributed by atoms with van der Waals surface area (Å²) in [5.74, 6) is 0.832. The van der Waals surface area contributed by atoms with Crippen LogP contribution in [-0.2, 0) is 16.2 Å². The molecule has 2 fully saturated rings. The number of hydrogen-bond donors (Lipinski definition) is 2. The van der Waals surface area contributed by atoms with E-state index in [4.69, 9.17) is 18.9 Å². The van der Waals surface area contributed by atoms with Crippen LogP contribution >= 0.6 is 0 Å². The Labute approximate surface area is 295 Å². The van der Waals surface area contributed by atoms with Crippen molar-refractivity contribution in [3.8, 4) is 23.0 Å². The van der Waals surface area contributed by atoms with Gasteiger partial charge in [-0.1, -0.05) is 30.3 Å². The summed E-state index contributed by atoms with van der Waals surface area (Å²) >= 11 is 0. The van der Waals surface area contributed by atoms with Crippen LogP contribution in [0.5, 0.6) is 23.0 Å². The molecule has 3 aromatic carbocycles. The van der Waals surface area contributed by atoms with Crippen LogP contribution in [0, 0.1) is 0 Å². The molecule has 2 saturated heterocycles. The molecule has 0 aliphatic carbocycles. The Kier molecular flexibility index (Phi) is 9.60. The first-order chi connectivity index (χ1) is 24.8. The second-order valence-electron chi connectivity index (χ2n) is 12.8. The fraction of sp³-hybridized carbons (Fsp3) is 0.342. The van der Waals surface area contributed by atoms with E-state index in [9.17, 15) is 19.2 Å². The van der Waals surface area contributed by atoms with E-state index in [1.54, 1.807) is 46.4 Å². The largest absolute Gasteiger partial charge is 0.493 e. The molecule has 0 spiro atoms. The Bertz CT molecular complexity index is 1930. The van der Waals surface area contributed by atoms with Crippen molar-refractivity contribution >= 4 is 41.2 Å². The number of ether oxygens (including phenoxy) is 4. The lowest BCUT2D eigenvalue weighted by Gasteiger charge is -2.20. The zero-order valence-electron chi connectivity index (χ0n) is 28.5. The average Bonchev–Trinajstić information content (AvgIpc) is 3.76. The molecule has 2 N–H and O–H groups in total. The number of nitrogens with zero attached hydrogens (tertiary/aromatic N) is 3. The number of amides is 4. The van der Waals surface area contributed by atoms with Gasteiger partial charge >= 0.3 is 0 Å². The molecule has 2 atom stereocenters. The summed E-state index contributed by atoms with van der Waals surface area (Å²) in [6, 6.07) is 15.6. The maximum Gasteiger partial charge on any atom is 0.257 e. The molecule has 51 heavy (non-hydrogen) atoms. The van der Waals surface area contributed by atoms with Crippen molar-refractivity contribution < 1.29 is 38.1 Å².